The fourth-order valence-electron chi connectivity index (χ4n) is 2.35. The van der Waals surface area contributed by atoms with E-state index in [0.717, 1.165) is 5.56 Å². The normalized spacial score (nSPS) is 11.1. The van der Waals surface area contributed by atoms with E-state index in [1.165, 1.54) is 0 Å². The third kappa shape index (κ3) is 5.25. The Hall–Kier alpha value is -3.02. The van der Waals surface area contributed by atoms with E-state index in [4.69, 9.17) is 38.5 Å². The number of carbonyl (C=O) groups excluding carboxylic acids is 1. The molecule has 5 nitrogen and oxygen atoms in total. The lowest BCUT2D eigenvalue weighted by Crippen LogP contribution is -2.15. The lowest BCUT2D eigenvalue weighted by molar-refractivity contribution is 0.0516. The minimum absolute atomic E-state index is 0.116. The Bertz CT molecular complexity index is 1010. The predicted molar refractivity (Wildman–Crippen MR) is 110 cm³/mol. The van der Waals surface area contributed by atoms with Crippen LogP contribution in [0.3, 0.4) is 0 Å². The van der Waals surface area contributed by atoms with Gasteiger partial charge in [-0.2, -0.15) is 0 Å². The molecule has 7 heteroatoms. The summed E-state index contributed by atoms with van der Waals surface area (Å²) in [6, 6.07) is 20.8. The van der Waals surface area contributed by atoms with Crippen molar-refractivity contribution in [3.05, 3.63) is 99.5 Å². The van der Waals surface area contributed by atoms with Gasteiger partial charge in [0, 0.05) is 10.6 Å². The number of benzene rings is 3. The number of rotatable bonds is 6. The van der Waals surface area contributed by atoms with Crippen LogP contribution in [-0.2, 0) is 11.4 Å². The molecule has 0 radical (unpaired) electrons. The molecule has 3 aromatic carbocycles. The number of amidine groups is 1. The third-order valence-electron chi connectivity index (χ3n) is 3.75. The summed E-state index contributed by atoms with van der Waals surface area (Å²) in [6.45, 7) is 0.220. The number of oxime groups is 1. The second-order valence-corrected chi connectivity index (χ2v) is 6.63. The molecule has 0 aliphatic heterocycles. The number of hydrogen-bond acceptors (Lipinski definition) is 4. The molecule has 0 saturated heterocycles. The van der Waals surface area contributed by atoms with Gasteiger partial charge in [-0.3, -0.25) is 0 Å². The van der Waals surface area contributed by atoms with Crippen molar-refractivity contribution >= 4 is 35.0 Å². The van der Waals surface area contributed by atoms with E-state index in [2.05, 4.69) is 5.16 Å². The maximum Gasteiger partial charge on any atom is 0.365 e. The Morgan fingerprint density at radius 3 is 2.43 bits per heavy atom. The van der Waals surface area contributed by atoms with Crippen LogP contribution in [-0.4, -0.2) is 11.8 Å². The van der Waals surface area contributed by atoms with Crippen molar-refractivity contribution < 1.29 is 14.4 Å². The number of nitrogens with zero attached hydrogens (tertiary/aromatic N) is 1. The second kappa shape index (κ2) is 9.26. The molecule has 0 aromatic heterocycles. The summed E-state index contributed by atoms with van der Waals surface area (Å²) in [5.41, 5.74) is 7.57. The largest absolute Gasteiger partial charge is 0.487 e. The van der Waals surface area contributed by atoms with Gasteiger partial charge in [-0.05, 0) is 35.9 Å². The van der Waals surface area contributed by atoms with Gasteiger partial charge in [-0.25, -0.2) is 4.79 Å². The van der Waals surface area contributed by atoms with Crippen LogP contribution in [0, 0.1) is 0 Å². The third-order valence-corrected chi connectivity index (χ3v) is 4.28. The van der Waals surface area contributed by atoms with Crippen molar-refractivity contribution in [2.75, 3.05) is 0 Å². The van der Waals surface area contributed by atoms with E-state index in [1.807, 2.05) is 24.3 Å². The molecule has 3 rings (SSSR count). The lowest BCUT2D eigenvalue weighted by Gasteiger charge is -2.09. The summed E-state index contributed by atoms with van der Waals surface area (Å²) >= 11 is 12.0. The van der Waals surface area contributed by atoms with E-state index in [0.29, 0.717) is 26.9 Å². The average Bonchev–Trinajstić information content (AvgIpc) is 2.72. The maximum atomic E-state index is 12.2. The van der Waals surface area contributed by atoms with Gasteiger partial charge < -0.3 is 15.3 Å². The van der Waals surface area contributed by atoms with Gasteiger partial charge in [0.25, 0.3) is 0 Å². The van der Waals surface area contributed by atoms with E-state index in [9.17, 15) is 4.79 Å². The molecular weight excluding hydrogens is 399 g/mol. The molecule has 0 spiro atoms. The second-order valence-electron chi connectivity index (χ2n) is 5.79. The van der Waals surface area contributed by atoms with Gasteiger partial charge in [0.15, 0.2) is 5.84 Å². The fourth-order valence-corrected chi connectivity index (χ4v) is 2.81. The minimum Gasteiger partial charge on any atom is -0.487 e. The van der Waals surface area contributed by atoms with Gasteiger partial charge >= 0.3 is 5.97 Å². The van der Waals surface area contributed by atoms with Crippen molar-refractivity contribution in [1.29, 1.82) is 0 Å². The van der Waals surface area contributed by atoms with Crippen LogP contribution in [0.15, 0.2) is 78.0 Å². The van der Waals surface area contributed by atoms with E-state index < -0.39 is 5.97 Å². The highest BCUT2D eigenvalue weighted by molar-refractivity contribution is 6.35. The molecule has 0 amide bonds. The molecule has 142 valence electrons. The Labute approximate surface area is 172 Å². The van der Waals surface area contributed by atoms with Gasteiger partial charge in [0.05, 0.1) is 10.6 Å². The van der Waals surface area contributed by atoms with E-state index >= 15 is 0 Å². The molecule has 3 aromatic rings. The zero-order valence-corrected chi connectivity index (χ0v) is 16.2. The van der Waals surface area contributed by atoms with Crippen molar-refractivity contribution in [3.63, 3.8) is 0 Å². The first-order chi connectivity index (χ1) is 13.5. The summed E-state index contributed by atoms with van der Waals surface area (Å²) in [5.74, 6) is -0.00430. The van der Waals surface area contributed by atoms with Crippen molar-refractivity contribution in [1.82, 2.24) is 0 Å². The first-order valence-electron chi connectivity index (χ1n) is 8.30. The van der Waals surface area contributed by atoms with Crippen LogP contribution in [0.1, 0.15) is 21.5 Å². The van der Waals surface area contributed by atoms with Gasteiger partial charge in [0.2, 0.25) is 0 Å². The van der Waals surface area contributed by atoms with Crippen LogP contribution in [0.2, 0.25) is 10.0 Å². The molecule has 0 saturated carbocycles. The molecule has 0 unspecified atom stereocenters. The van der Waals surface area contributed by atoms with Crippen LogP contribution in [0.25, 0.3) is 0 Å². The standard InChI is InChI=1S/C21H16Cl2N2O3/c22-17-9-10-19(18(23)12-17)27-13-14-5-4-8-16(11-14)21(26)28-25-20(24)15-6-2-1-3-7-15/h1-12H,13H2,(H2,24,25). The Morgan fingerprint density at radius 2 is 1.68 bits per heavy atom. The SMILES string of the molecule is N/C(=N\OC(=O)c1cccc(COc2ccc(Cl)cc2Cl)c1)c1ccccc1. The van der Waals surface area contributed by atoms with Gasteiger partial charge in [0.1, 0.15) is 12.4 Å². The zero-order valence-electron chi connectivity index (χ0n) is 14.6. The molecule has 0 fully saturated rings. The highest BCUT2D eigenvalue weighted by Gasteiger charge is 2.10. The average molecular weight is 415 g/mol. The van der Waals surface area contributed by atoms with Crippen molar-refractivity contribution in [3.8, 4) is 5.75 Å². The molecule has 0 bridgehead atoms. The van der Waals surface area contributed by atoms with Crippen LogP contribution in [0.5, 0.6) is 5.75 Å². The predicted octanol–water partition coefficient (Wildman–Crippen LogP) is 5.05. The van der Waals surface area contributed by atoms with E-state index in [-0.39, 0.29) is 12.4 Å². The molecule has 0 aliphatic rings. The molecular formula is C21H16Cl2N2O3. The molecule has 0 aliphatic carbocycles. The molecule has 0 atom stereocenters. The van der Waals surface area contributed by atoms with Crippen molar-refractivity contribution in [2.45, 2.75) is 6.61 Å². The summed E-state index contributed by atoms with van der Waals surface area (Å²) in [6.07, 6.45) is 0. The smallest absolute Gasteiger partial charge is 0.365 e. The first kappa shape index (κ1) is 19.7. The summed E-state index contributed by atoms with van der Waals surface area (Å²) in [5, 5.41) is 4.63. The van der Waals surface area contributed by atoms with Gasteiger partial charge in [-0.15, -0.1) is 0 Å². The van der Waals surface area contributed by atoms with E-state index in [1.54, 1.807) is 48.5 Å². The minimum atomic E-state index is -0.620. The first-order valence-corrected chi connectivity index (χ1v) is 9.05. The summed E-state index contributed by atoms with van der Waals surface area (Å²) in [7, 11) is 0. The number of hydrogen-bond donors (Lipinski definition) is 1. The Morgan fingerprint density at radius 1 is 0.929 bits per heavy atom. The molecule has 0 heterocycles. The van der Waals surface area contributed by atoms with Crippen LogP contribution in [0.4, 0.5) is 0 Å². The van der Waals surface area contributed by atoms with Gasteiger partial charge in [-0.1, -0.05) is 70.8 Å². The van der Waals surface area contributed by atoms with Crippen molar-refractivity contribution in [2.24, 2.45) is 10.9 Å². The Kier molecular flexibility index (Phi) is 6.53. The van der Waals surface area contributed by atoms with Crippen LogP contribution < -0.4 is 10.5 Å². The topological polar surface area (TPSA) is 73.9 Å². The number of ether oxygens (including phenoxy) is 1. The Balaban J connectivity index is 1.64. The number of carbonyl (C=O) groups is 1. The molecule has 28 heavy (non-hydrogen) atoms. The summed E-state index contributed by atoms with van der Waals surface area (Å²) in [4.78, 5) is 17.2. The quantitative estimate of drug-likeness (QED) is 0.265. The zero-order chi connectivity index (χ0) is 19.9. The highest BCUT2D eigenvalue weighted by Crippen LogP contribution is 2.28. The fraction of sp³-hybridized carbons (Fsp3) is 0.0476. The summed E-state index contributed by atoms with van der Waals surface area (Å²) < 4.78 is 5.68. The maximum absolute atomic E-state index is 12.2. The number of nitrogens with two attached hydrogens (primary N) is 1. The lowest BCUT2D eigenvalue weighted by atomic mass is 10.1. The number of halogens is 2. The molecule has 2 N–H and O–H groups in total. The monoisotopic (exact) mass is 414 g/mol. The highest BCUT2D eigenvalue weighted by atomic mass is 35.5. The van der Waals surface area contributed by atoms with Crippen LogP contribution >= 0.6 is 23.2 Å².